The van der Waals surface area contributed by atoms with Crippen LogP contribution in [0.2, 0.25) is 0 Å². The van der Waals surface area contributed by atoms with Gasteiger partial charge in [0.05, 0.1) is 30.2 Å². The second kappa shape index (κ2) is 9.39. The van der Waals surface area contributed by atoms with Crippen LogP contribution in [0.1, 0.15) is 20.3 Å². The second-order valence-electron chi connectivity index (χ2n) is 8.05. The molecular formula is C24H30N4O3. The van der Waals surface area contributed by atoms with E-state index in [2.05, 4.69) is 21.2 Å². The van der Waals surface area contributed by atoms with Crippen molar-refractivity contribution in [3.63, 3.8) is 0 Å². The number of hydrogen-bond acceptors (Lipinski definition) is 5. The van der Waals surface area contributed by atoms with Gasteiger partial charge in [-0.05, 0) is 38.1 Å². The number of ether oxygens (including phenoxy) is 1. The van der Waals surface area contributed by atoms with E-state index in [-0.39, 0.29) is 17.9 Å². The third-order valence-corrected chi connectivity index (χ3v) is 5.86. The second-order valence-corrected chi connectivity index (χ2v) is 8.05. The summed E-state index contributed by atoms with van der Waals surface area (Å²) < 4.78 is 5.78. The maximum Gasteiger partial charge on any atom is 0.241 e. The van der Waals surface area contributed by atoms with E-state index in [4.69, 9.17) is 4.74 Å². The highest BCUT2D eigenvalue weighted by atomic mass is 16.5. The Morgan fingerprint density at radius 1 is 1.03 bits per heavy atom. The average Bonchev–Trinajstić information content (AvgIpc) is 2.89. The Morgan fingerprint density at radius 3 is 2.45 bits per heavy atom. The van der Waals surface area contributed by atoms with Gasteiger partial charge in [0.25, 0.3) is 0 Å². The van der Waals surface area contributed by atoms with Crippen molar-refractivity contribution in [3.8, 4) is 5.75 Å². The van der Waals surface area contributed by atoms with Gasteiger partial charge in [-0.1, -0.05) is 24.3 Å². The summed E-state index contributed by atoms with van der Waals surface area (Å²) in [6.45, 7) is 8.17. The maximum atomic E-state index is 13.3. The monoisotopic (exact) mass is 422 g/mol. The van der Waals surface area contributed by atoms with Gasteiger partial charge in [-0.2, -0.15) is 0 Å². The largest absolute Gasteiger partial charge is 0.492 e. The fourth-order valence-electron chi connectivity index (χ4n) is 4.38. The number of fused-ring (bicyclic) bond motifs is 1. The lowest BCUT2D eigenvalue weighted by Gasteiger charge is -2.37. The standard InChI is InChI=1S/C24H30N4O3/c1-3-31-22-11-7-6-10-21(22)27-14-12-26(13-15-27)17-24(30)28-18(2)16-23(29)25-19-8-4-5-9-20(19)28/h4-11,18H,3,12-17H2,1-2H3,(H,25,29)/t18-/m0/s1. The normalized spacial score (nSPS) is 19.4. The van der Waals surface area contributed by atoms with Crippen LogP contribution in [0.15, 0.2) is 48.5 Å². The summed E-state index contributed by atoms with van der Waals surface area (Å²) in [5, 5.41) is 2.92. The number of carbonyl (C=O) groups is 2. The van der Waals surface area contributed by atoms with Crippen molar-refractivity contribution in [1.29, 1.82) is 0 Å². The highest BCUT2D eigenvalue weighted by molar-refractivity contribution is 6.04. The predicted molar refractivity (Wildman–Crippen MR) is 123 cm³/mol. The molecule has 2 aromatic rings. The molecule has 0 unspecified atom stereocenters. The number of rotatable bonds is 5. The summed E-state index contributed by atoms with van der Waals surface area (Å²) in [6, 6.07) is 15.4. The minimum atomic E-state index is -0.185. The number of carbonyl (C=O) groups excluding carboxylic acids is 2. The van der Waals surface area contributed by atoms with E-state index < -0.39 is 0 Å². The summed E-state index contributed by atoms with van der Waals surface area (Å²) >= 11 is 0. The Bertz CT molecular complexity index is 940. The van der Waals surface area contributed by atoms with Crippen LogP contribution >= 0.6 is 0 Å². The molecule has 1 atom stereocenters. The molecule has 7 heteroatoms. The van der Waals surface area contributed by atoms with Crippen molar-refractivity contribution < 1.29 is 14.3 Å². The third kappa shape index (κ3) is 4.66. The molecule has 1 saturated heterocycles. The first-order valence-corrected chi connectivity index (χ1v) is 11.0. The molecule has 2 amide bonds. The van der Waals surface area contributed by atoms with Gasteiger partial charge >= 0.3 is 0 Å². The van der Waals surface area contributed by atoms with Gasteiger partial charge in [0.2, 0.25) is 11.8 Å². The molecule has 0 aromatic heterocycles. The van der Waals surface area contributed by atoms with Gasteiger partial charge in [0.1, 0.15) is 5.75 Å². The van der Waals surface area contributed by atoms with Crippen LogP contribution in [-0.4, -0.2) is 62.1 Å². The summed E-state index contributed by atoms with van der Waals surface area (Å²) in [5.41, 5.74) is 2.58. The van der Waals surface area contributed by atoms with Crippen LogP contribution in [0.25, 0.3) is 0 Å². The van der Waals surface area contributed by atoms with Gasteiger partial charge in [-0.25, -0.2) is 0 Å². The lowest BCUT2D eigenvalue weighted by atomic mass is 10.1. The van der Waals surface area contributed by atoms with E-state index in [1.165, 1.54) is 0 Å². The van der Waals surface area contributed by atoms with E-state index in [1.54, 1.807) is 4.90 Å². The Morgan fingerprint density at radius 2 is 1.71 bits per heavy atom. The molecule has 31 heavy (non-hydrogen) atoms. The molecule has 0 saturated carbocycles. The molecule has 0 aliphatic carbocycles. The number of nitrogens with zero attached hydrogens (tertiary/aromatic N) is 3. The zero-order valence-electron chi connectivity index (χ0n) is 18.2. The molecule has 2 heterocycles. The number of amides is 2. The van der Waals surface area contributed by atoms with Crippen molar-refractivity contribution in [2.45, 2.75) is 26.3 Å². The minimum absolute atomic E-state index is 0.0274. The molecule has 4 rings (SSSR count). The third-order valence-electron chi connectivity index (χ3n) is 5.86. The molecule has 0 bridgehead atoms. The zero-order valence-corrected chi connectivity index (χ0v) is 18.2. The molecule has 2 aliphatic rings. The highest BCUT2D eigenvalue weighted by Crippen LogP contribution is 2.32. The van der Waals surface area contributed by atoms with Crippen LogP contribution in [0.4, 0.5) is 17.1 Å². The Hall–Kier alpha value is -3.06. The SMILES string of the molecule is CCOc1ccccc1N1CCN(CC(=O)N2c3ccccc3NC(=O)C[C@@H]2C)CC1. The van der Waals surface area contributed by atoms with Gasteiger partial charge < -0.3 is 19.9 Å². The van der Waals surface area contributed by atoms with Crippen molar-refractivity contribution >= 4 is 28.9 Å². The van der Waals surface area contributed by atoms with E-state index in [0.29, 0.717) is 25.3 Å². The van der Waals surface area contributed by atoms with E-state index in [0.717, 1.165) is 43.3 Å². The maximum absolute atomic E-state index is 13.3. The molecule has 0 radical (unpaired) electrons. The Balaban J connectivity index is 1.42. The number of piperazine rings is 1. The van der Waals surface area contributed by atoms with Gasteiger partial charge in [-0.3, -0.25) is 14.5 Å². The van der Waals surface area contributed by atoms with Crippen molar-refractivity contribution in [2.75, 3.05) is 54.4 Å². The highest BCUT2D eigenvalue weighted by Gasteiger charge is 2.31. The average molecular weight is 423 g/mol. The molecule has 164 valence electrons. The van der Waals surface area contributed by atoms with Crippen molar-refractivity contribution in [1.82, 2.24) is 4.90 Å². The van der Waals surface area contributed by atoms with Crippen LogP contribution in [0.3, 0.4) is 0 Å². The summed E-state index contributed by atoms with van der Waals surface area (Å²) in [6.07, 6.45) is 0.294. The van der Waals surface area contributed by atoms with Crippen molar-refractivity contribution in [2.24, 2.45) is 0 Å². The quantitative estimate of drug-likeness (QED) is 0.803. The Kier molecular flexibility index (Phi) is 6.42. The van der Waals surface area contributed by atoms with Gasteiger partial charge in [-0.15, -0.1) is 0 Å². The lowest BCUT2D eigenvalue weighted by Crippen LogP contribution is -2.51. The first-order valence-electron chi connectivity index (χ1n) is 11.0. The minimum Gasteiger partial charge on any atom is -0.492 e. The number of nitrogens with one attached hydrogen (secondary N) is 1. The first-order chi connectivity index (χ1) is 15.1. The molecule has 2 aromatic carbocycles. The summed E-state index contributed by atoms with van der Waals surface area (Å²) in [4.78, 5) is 31.8. The lowest BCUT2D eigenvalue weighted by molar-refractivity contribution is -0.120. The number of hydrogen-bond donors (Lipinski definition) is 1. The van der Waals surface area contributed by atoms with Crippen LogP contribution < -0.4 is 19.9 Å². The number of benzene rings is 2. The number of anilines is 3. The predicted octanol–water partition coefficient (Wildman–Crippen LogP) is 2.97. The number of para-hydroxylation sites is 4. The molecular weight excluding hydrogens is 392 g/mol. The topological polar surface area (TPSA) is 65.1 Å². The molecule has 0 spiro atoms. The van der Waals surface area contributed by atoms with Crippen LogP contribution in [0.5, 0.6) is 5.75 Å². The summed E-state index contributed by atoms with van der Waals surface area (Å²) in [5.74, 6) is 0.873. The molecule has 2 aliphatic heterocycles. The Labute approximate surface area is 183 Å². The van der Waals surface area contributed by atoms with Gasteiger partial charge in [0.15, 0.2) is 0 Å². The van der Waals surface area contributed by atoms with Gasteiger partial charge in [0, 0.05) is 38.6 Å². The molecule has 1 fully saturated rings. The van der Waals surface area contributed by atoms with E-state index >= 15 is 0 Å². The zero-order chi connectivity index (χ0) is 21.8. The van der Waals surface area contributed by atoms with Crippen molar-refractivity contribution in [3.05, 3.63) is 48.5 Å². The van der Waals surface area contributed by atoms with Crippen LogP contribution in [-0.2, 0) is 9.59 Å². The molecule has 1 N–H and O–H groups in total. The van der Waals surface area contributed by atoms with E-state index in [1.807, 2.05) is 56.3 Å². The first kappa shape index (κ1) is 21.2. The van der Waals surface area contributed by atoms with E-state index in [9.17, 15) is 9.59 Å². The smallest absolute Gasteiger partial charge is 0.241 e. The fourth-order valence-corrected chi connectivity index (χ4v) is 4.38. The van der Waals surface area contributed by atoms with Crippen LogP contribution in [0, 0.1) is 0 Å². The molecule has 7 nitrogen and oxygen atoms in total. The summed E-state index contributed by atoms with van der Waals surface area (Å²) in [7, 11) is 0. The fraction of sp³-hybridized carbons (Fsp3) is 0.417.